The molecule has 2 N–H and O–H groups in total. The van der Waals surface area contributed by atoms with Crippen molar-refractivity contribution in [3.63, 3.8) is 0 Å². The van der Waals surface area contributed by atoms with E-state index in [4.69, 9.17) is 4.74 Å². The standard InChI is InChI=1S/C20H30O5/c1-10-15-11(21)8-13-19(4)7-5-6-18(2,3)12(19)9-14(22)20(13,24)16(15)25-17(10)23/h10,12-16,22,24H,5-9H2,1-4H3/t10-,12+,13-,14-,15+,16-,19+,20-/m0/s1. The number of carbonyl (C=O) groups is 2. The van der Waals surface area contributed by atoms with Crippen molar-refractivity contribution in [3.8, 4) is 0 Å². The molecule has 5 heteroatoms. The van der Waals surface area contributed by atoms with E-state index >= 15 is 0 Å². The Balaban J connectivity index is 1.81. The summed E-state index contributed by atoms with van der Waals surface area (Å²) in [5.41, 5.74) is -1.68. The topological polar surface area (TPSA) is 83.8 Å². The summed E-state index contributed by atoms with van der Waals surface area (Å²) >= 11 is 0. The molecule has 0 aromatic carbocycles. The van der Waals surface area contributed by atoms with E-state index in [-0.39, 0.29) is 34.9 Å². The number of aliphatic hydroxyl groups is 2. The lowest BCUT2D eigenvalue weighted by molar-refractivity contribution is -0.272. The van der Waals surface area contributed by atoms with E-state index in [0.29, 0.717) is 6.42 Å². The van der Waals surface area contributed by atoms with Crippen molar-refractivity contribution in [2.75, 3.05) is 0 Å². The number of aliphatic hydroxyl groups excluding tert-OH is 1. The molecule has 4 fully saturated rings. The van der Waals surface area contributed by atoms with Gasteiger partial charge in [-0.25, -0.2) is 0 Å². The van der Waals surface area contributed by atoms with Crippen LogP contribution in [-0.4, -0.2) is 39.8 Å². The van der Waals surface area contributed by atoms with Gasteiger partial charge in [-0.15, -0.1) is 0 Å². The molecule has 0 aromatic heterocycles. The molecule has 4 rings (SSSR count). The van der Waals surface area contributed by atoms with Crippen molar-refractivity contribution in [1.29, 1.82) is 0 Å². The van der Waals surface area contributed by atoms with Crippen LogP contribution in [0.4, 0.5) is 0 Å². The number of hydrogen-bond acceptors (Lipinski definition) is 5. The monoisotopic (exact) mass is 350 g/mol. The average molecular weight is 350 g/mol. The number of ketones is 1. The lowest BCUT2D eigenvalue weighted by atomic mass is 9.41. The molecule has 140 valence electrons. The van der Waals surface area contributed by atoms with Gasteiger partial charge in [0.05, 0.1) is 17.9 Å². The van der Waals surface area contributed by atoms with Gasteiger partial charge in [0.15, 0.2) is 0 Å². The third-order valence-electron chi connectivity index (χ3n) is 8.34. The molecule has 0 aromatic rings. The first-order valence-electron chi connectivity index (χ1n) is 9.67. The highest BCUT2D eigenvalue weighted by molar-refractivity contribution is 5.91. The average Bonchev–Trinajstić information content (AvgIpc) is 2.82. The second kappa shape index (κ2) is 5.07. The van der Waals surface area contributed by atoms with Gasteiger partial charge in [0.2, 0.25) is 0 Å². The van der Waals surface area contributed by atoms with Gasteiger partial charge < -0.3 is 14.9 Å². The van der Waals surface area contributed by atoms with Gasteiger partial charge in [0, 0.05) is 12.3 Å². The van der Waals surface area contributed by atoms with E-state index in [9.17, 15) is 19.8 Å². The van der Waals surface area contributed by atoms with Crippen LogP contribution < -0.4 is 0 Å². The van der Waals surface area contributed by atoms with Crippen LogP contribution in [0.2, 0.25) is 0 Å². The fourth-order valence-corrected chi connectivity index (χ4v) is 7.01. The number of Topliss-reactive ketones (excluding diaryl/α,β-unsaturated/α-hetero) is 1. The Labute approximate surface area is 149 Å². The zero-order valence-electron chi connectivity index (χ0n) is 15.6. The van der Waals surface area contributed by atoms with Crippen LogP contribution in [0.15, 0.2) is 0 Å². The van der Waals surface area contributed by atoms with Crippen molar-refractivity contribution in [2.24, 2.45) is 34.5 Å². The summed E-state index contributed by atoms with van der Waals surface area (Å²) in [5.74, 6) is -1.70. The van der Waals surface area contributed by atoms with Crippen LogP contribution in [0.1, 0.15) is 59.8 Å². The number of carbonyl (C=O) groups excluding carboxylic acids is 2. The summed E-state index contributed by atoms with van der Waals surface area (Å²) in [7, 11) is 0. The van der Waals surface area contributed by atoms with Gasteiger partial charge in [-0.05, 0) is 36.0 Å². The van der Waals surface area contributed by atoms with E-state index in [0.717, 1.165) is 19.3 Å². The highest BCUT2D eigenvalue weighted by Crippen LogP contribution is 2.66. The Morgan fingerprint density at radius 3 is 2.48 bits per heavy atom. The van der Waals surface area contributed by atoms with E-state index < -0.39 is 35.6 Å². The molecular formula is C20H30O5. The molecule has 5 nitrogen and oxygen atoms in total. The van der Waals surface area contributed by atoms with Crippen molar-refractivity contribution in [1.82, 2.24) is 0 Å². The largest absolute Gasteiger partial charge is 0.458 e. The minimum absolute atomic E-state index is 0.00970. The number of esters is 1. The van der Waals surface area contributed by atoms with Crippen molar-refractivity contribution in [3.05, 3.63) is 0 Å². The fourth-order valence-electron chi connectivity index (χ4n) is 7.01. The van der Waals surface area contributed by atoms with Crippen LogP contribution in [0.25, 0.3) is 0 Å². The lowest BCUT2D eigenvalue weighted by Crippen LogP contribution is -2.72. The first kappa shape index (κ1) is 17.5. The van der Waals surface area contributed by atoms with Gasteiger partial charge in [0.25, 0.3) is 0 Å². The van der Waals surface area contributed by atoms with Gasteiger partial charge in [-0.2, -0.15) is 0 Å². The van der Waals surface area contributed by atoms with Crippen LogP contribution in [-0.2, 0) is 14.3 Å². The molecule has 0 unspecified atom stereocenters. The second-order valence-electron chi connectivity index (χ2n) is 9.93. The van der Waals surface area contributed by atoms with Gasteiger partial charge in [0.1, 0.15) is 17.5 Å². The van der Waals surface area contributed by atoms with Crippen LogP contribution in [0, 0.1) is 34.5 Å². The number of rotatable bonds is 0. The third-order valence-corrected chi connectivity index (χ3v) is 8.34. The first-order valence-corrected chi connectivity index (χ1v) is 9.67. The van der Waals surface area contributed by atoms with Crippen LogP contribution in [0.5, 0.6) is 0 Å². The predicted octanol–water partition coefficient (Wildman–Crippen LogP) is 2.08. The molecule has 1 aliphatic heterocycles. The Morgan fingerprint density at radius 1 is 1.12 bits per heavy atom. The molecule has 0 spiro atoms. The molecule has 3 aliphatic carbocycles. The van der Waals surface area contributed by atoms with E-state index in [1.807, 2.05) is 0 Å². The number of ether oxygens (including phenoxy) is 1. The molecule has 1 heterocycles. The van der Waals surface area contributed by atoms with E-state index in [2.05, 4.69) is 20.8 Å². The molecule has 0 radical (unpaired) electrons. The normalized spacial score (nSPS) is 54.3. The fraction of sp³-hybridized carbons (Fsp3) is 0.900. The SMILES string of the molecule is C[C@@H]1C(=O)O[C@H]2[C@H]1C(=O)C[C@H]1[C@]3(C)CCCC(C)(C)[C@H]3C[C@H](O)[C@]21O. The third kappa shape index (κ3) is 2.03. The highest BCUT2D eigenvalue weighted by Gasteiger charge is 2.72. The van der Waals surface area contributed by atoms with E-state index in [1.165, 1.54) is 0 Å². The lowest BCUT2D eigenvalue weighted by Gasteiger charge is -2.65. The van der Waals surface area contributed by atoms with E-state index in [1.54, 1.807) is 6.92 Å². The molecule has 4 aliphatic rings. The maximum absolute atomic E-state index is 12.9. The molecule has 25 heavy (non-hydrogen) atoms. The maximum atomic E-state index is 12.9. The Bertz CT molecular complexity index is 628. The van der Waals surface area contributed by atoms with Gasteiger partial charge in [-0.1, -0.05) is 34.1 Å². The molecule has 3 saturated carbocycles. The minimum atomic E-state index is -1.52. The summed E-state index contributed by atoms with van der Waals surface area (Å²) in [6.07, 6.45) is 1.96. The van der Waals surface area contributed by atoms with Gasteiger partial charge in [-0.3, -0.25) is 9.59 Å². The molecule has 0 bridgehead atoms. The Kier molecular flexibility index (Phi) is 3.54. The zero-order valence-corrected chi connectivity index (χ0v) is 15.6. The summed E-state index contributed by atoms with van der Waals surface area (Å²) in [6, 6.07) is 0. The second-order valence-corrected chi connectivity index (χ2v) is 9.93. The Hall–Kier alpha value is -0.940. The zero-order chi connectivity index (χ0) is 18.4. The molecule has 0 amide bonds. The van der Waals surface area contributed by atoms with Crippen molar-refractivity contribution >= 4 is 11.8 Å². The number of hydrogen-bond donors (Lipinski definition) is 2. The molecule has 1 saturated heterocycles. The maximum Gasteiger partial charge on any atom is 0.309 e. The number of fused-ring (bicyclic) bond motifs is 5. The highest BCUT2D eigenvalue weighted by atomic mass is 16.6. The van der Waals surface area contributed by atoms with Crippen LogP contribution in [0.3, 0.4) is 0 Å². The molecular weight excluding hydrogens is 320 g/mol. The molecule has 8 atom stereocenters. The van der Waals surface area contributed by atoms with Crippen molar-refractivity contribution < 1.29 is 24.5 Å². The van der Waals surface area contributed by atoms with Crippen LogP contribution >= 0.6 is 0 Å². The predicted molar refractivity (Wildman–Crippen MR) is 90.5 cm³/mol. The smallest absolute Gasteiger partial charge is 0.309 e. The first-order chi connectivity index (χ1) is 11.5. The summed E-state index contributed by atoms with van der Waals surface area (Å²) < 4.78 is 5.50. The summed E-state index contributed by atoms with van der Waals surface area (Å²) in [4.78, 5) is 25.0. The summed E-state index contributed by atoms with van der Waals surface area (Å²) in [5, 5.41) is 22.7. The summed E-state index contributed by atoms with van der Waals surface area (Å²) in [6.45, 7) is 8.33. The quantitative estimate of drug-likeness (QED) is 0.654. The Morgan fingerprint density at radius 2 is 1.80 bits per heavy atom. The van der Waals surface area contributed by atoms with Gasteiger partial charge >= 0.3 is 5.97 Å². The van der Waals surface area contributed by atoms with Crippen molar-refractivity contribution in [2.45, 2.75) is 77.6 Å². The minimum Gasteiger partial charge on any atom is -0.458 e.